The maximum atomic E-state index is 9.19. The minimum Gasteiger partial charge on any atom is -0.508 e. The number of hydrogen-bond acceptors (Lipinski definition) is 3. The van der Waals surface area contributed by atoms with Crippen LogP contribution in [0.4, 0.5) is 0 Å². The molecule has 0 amide bonds. The molecule has 0 aromatic heterocycles. The van der Waals surface area contributed by atoms with E-state index in [0.29, 0.717) is 6.54 Å². The van der Waals surface area contributed by atoms with Crippen molar-refractivity contribution in [1.29, 1.82) is 0 Å². The van der Waals surface area contributed by atoms with Crippen molar-refractivity contribution in [3.05, 3.63) is 29.8 Å². The van der Waals surface area contributed by atoms with Crippen LogP contribution in [-0.2, 0) is 6.54 Å². The first-order valence-corrected chi connectivity index (χ1v) is 4.57. The summed E-state index contributed by atoms with van der Waals surface area (Å²) in [4.78, 5) is 1.47. The molecule has 0 atom stereocenters. The van der Waals surface area contributed by atoms with E-state index in [0.717, 1.165) is 5.56 Å². The molecule has 16 heavy (non-hydrogen) atoms. The number of phenolic OH excluding ortho intramolecular Hbond substituents is 1. The van der Waals surface area contributed by atoms with Gasteiger partial charge in [0.2, 0.25) is 0 Å². The van der Waals surface area contributed by atoms with Crippen molar-refractivity contribution in [2.24, 2.45) is 0 Å². The molecule has 2 rings (SSSR count). The second-order valence-electron chi connectivity index (χ2n) is 3.21. The van der Waals surface area contributed by atoms with E-state index in [1.807, 2.05) is 0 Å². The molecule has 1 fully saturated rings. The highest BCUT2D eigenvalue weighted by molar-refractivity contribution is 5.85. The first-order valence-electron chi connectivity index (χ1n) is 6.57. The third kappa shape index (κ3) is 4.58. The molecular formula is C11H18Cl2N2O. The minimum atomic E-state index is -1.58. The van der Waals surface area contributed by atoms with Crippen LogP contribution in [0.1, 0.15) is 11.0 Å². The molecule has 0 radical (unpaired) electrons. The van der Waals surface area contributed by atoms with E-state index in [9.17, 15) is 5.11 Å². The topological polar surface area (TPSA) is 35.5 Å². The van der Waals surface area contributed by atoms with E-state index in [1.54, 1.807) is 24.3 Å². The zero-order valence-electron chi connectivity index (χ0n) is 12.6. The van der Waals surface area contributed by atoms with E-state index in [2.05, 4.69) is 5.32 Å². The second kappa shape index (κ2) is 7.74. The van der Waals surface area contributed by atoms with Crippen LogP contribution in [0.15, 0.2) is 24.3 Å². The molecule has 92 valence electrons. The Morgan fingerprint density at radius 1 is 1.31 bits per heavy atom. The number of piperazine rings is 1. The summed E-state index contributed by atoms with van der Waals surface area (Å²) in [5, 5.41) is 11.7. The highest BCUT2D eigenvalue weighted by Crippen LogP contribution is 2.11. The van der Waals surface area contributed by atoms with Crippen LogP contribution in [0.3, 0.4) is 0 Å². The van der Waals surface area contributed by atoms with Gasteiger partial charge in [-0.2, -0.15) is 0 Å². The van der Waals surface area contributed by atoms with Gasteiger partial charge in [0.1, 0.15) is 5.75 Å². The Morgan fingerprint density at radius 2 is 2.00 bits per heavy atom. The van der Waals surface area contributed by atoms with Crippen molar-refractivity contribution in [3.8, 4) is 5.75 Å². The fourth-order valence-electron chi connectivity index (χ4n) is 1.35. The Hall–Kier alpha value is -0.480. The van der Waals surface area contributed by atoms with Gasteiger partial charge in [-0.05, 0) is 17.7 Å². The Balaban J connectivity index is 0.00000180. The predicted molar refractivity (Wildman–Crippen MR) is 70.7 cm³/mol. The van der Waals surface area contributed by atoms with Gasteiger partial charge in [0.15, 0.2) is 0 Å². The molecule has 2 N–H and O–H groups in total. The molecule has 0 bridgehead atoms. The lowest BCUT2D eigenvalue weighted by Gasteiger charge is -2.27. The van der Waals surface area contributed by atoms with Gasteiger partial charge in [0.05, 0.1) is 0 Å². The van der Waals surface area contributed by atoms with Crippen molar-refractivity contribution >= 4 is 24.8 Å². The SMILES string of the molecule is Cl.Cl.[2H]C1([2H])CN(Cc2ccc(O)cc2)C([2H])([2H])CN1. The fraction of sp³-hybridized carbons (Fsp3) is 0.455. The van der Waals surface area contributed by atoms with Crippen LogP contribution in [-0.4, -0.2) is 36.1 Å². The number of aromatic hydroxyl groups is 1. The van der Waals surface area contributed by atoms with Crippen molar-refractivity contribution in [2.75, 3.05) is 26.1 Å². The fourth-order valence-corrected chi connectivity index (χ4v) is 1.35. The van der Waals surface area contributed by atoms with Crippen LogP contribution in [0.2, 0.25) is 0 Å². The van der Waals surface area contributed by atoms with E-state index >= 15 is 0 Å². The summed E-state index contributed by atoms with van der Waals surface area (Å²) in [6.07, 6.45) is 0. The number of rotatable bonds is 2. The van der Waals surface area contributed by atoms with Gasteiger partial charge in [-0.15, -0.1) is 24.8 Å². The Morgan fingerprint density at radius 3 is 2.69 bits per heavy atom. The molecule has 0 saturated carbocycles. The molecule has 1 aromatic rings. The van der Waals surface area contributed by atoms with Crippen LogP contribution in [0.25, 0.3) is 0 Å². The van der Waals surface area contributed by atoms with Crippen molar-refractivity contribution in [1.82, 2.24) is 10.2 Å². The van der Waals surface area contributed by atoms with Crippen LogP contribution in [0.5, 0.6) is 5.75 Å². The first kappa shape index (κ1) is 9.54. The Bertz CT molecular complexity index is 431. The molecule has 3 nitrogen and oxygen atoms in total. The van der Waals surface area contributed by atoms with Gasteiger partial charge in [0, 0.05) is 38.1 Å². The normalized spacial score (nSPS) is 26.0. The smallest absolute Gasteiger partial charge is 0.115 e. The number of phenols is 1. The number of benzene rings is 1. The third-order valence-electron chi connectivity index (χ3n) is 2.10. The number of nitrogens with one attached hydrogen (secondary N) is 1. The average molecular weight is 269 g/mol. The predicted octanol–water partition coefficient (Wildman–Crippen LogP) is 1.64. The largest absolute Gasteiger partial charge is 0.508 e. The molecule has 0 spiro atoms. The zero-order chi connectivity index (χ0) is 13.4. The van der Waals surface area contributed by atoms with Gasteiger partial charge < -0.3 is 10.4 Å². The van der Waals surface area contributed by atoms with Crippen molar-refractivity contribution < 1.29 is 10.6 Å². The lowest BCUT2D eigenvalue weighted by atomic mass is 10.2. The molecule has 1 aromatic carbocycles. The summed E-state index contributed by atoms with van der Waals surface area (Å²) >= 11 is 0. The average Bonchev–Trinajstić information content (AvgIpc) is 2.27. The van der Waals surface area contributed by atoms with Crippen molar-refractivity contribution in [3.63, 3.8) is 0 Å². The molecule has 1 aliphatic heterocycles. The summed E-state index contributed by atoms with van der Waals surface area (Å²) in [5.74, 6) is 0.164. The minimum absolute atomic E-state index is 0. The summed E-state index contributed by atoms with van der Waals surface area (Å²) in [7, 11) is 0. The maximum absolute atomic E-state index is 9.19. The zero-order valence-corrected chi connectivity index (χ0v) is 10.3. The molecule has 0 unspecified atom stereocenters. The Labute approximate surface area is 114 Å². The molecular weight excluding hydrogens is 247 g/mol. The number of halogens is 2. The number of hydrogen-bond donors (Lipinski definition) is 2. The van der Waals surface area contributed by atoms with Gasteiger partial charge in [0.25, 0.3) is 0 Å². The number of nitrogens with zero attached hydrogens (tertiary/aromatic N) is 1. The lowest BCUT2D eigenvalue weighted by molar-refractivity contribution is 0.233. The first-order chi connectivity index (χ1) is 8.28. The van der Waals surface area contributed by atoms with Gasteiger partial charge in [-0.1, -0.05) is 12.1 Å². The standard InChI is InChI=1S/C11H16N2O.2ClH/c14-11-3-1-10(2-4-11)9-13-7-5-12-6-8-13;;/h1-4,12,14H,5-9H2;2*1H/i5D2,8D2;;. The quantitative estimate of drug-likeness (QED) is 0.856. The highest BCUT2D eigenvalue weighted by Gasteiger charge is 2.09. The second-order valence-corrected chi connectivity index (χ2v) is 3.21. The van der Waals surface area contributed by atoms with Crippen LogP contribution >= 0.6 is 24.8 Å². The molecule has 1 heterocycles. The molecule has 1 aliphatic rings. The maximum Gasteiger partial charge on any atom is 0.115 e. The van der Waals surface area contributed by atoms with Crippen LogP contribution in [0, 0.1) is 0 Å². The highest BCUT2D eigenvalue weighted by atomic mass is 35.5. The van der Waals surface area contributed by atoms with Crippen LogP contribution < -0.4 is 5.32 Å². The van der Waals surface area contributed by atoms with E-state index in [1.165, 1.54) is 4.90 Å². The Kier molecular flexibility index (Phi) is 4.61. The van der Waals surface area contributed by atoms with E-state index in [-0.39, 0.29) is 43.7 Å². The van der Waals surface area contributed by atoms with Gasteiger partial charge in [-0.3, -0.25) is 4.90 Å². The third-order valence-corrected chi connectivity index (χ3v) is 2.10. The molecule has 0 aliphatic carbocycles. The van der Waals surface area contributed by atoms with E-state index < -0.39 is 13.0 Å². The van der Waals surface area contributed by atoms with Gasteiger partial charge >= 0.3 is 0 Å². The summed E-state index contributed by atoms with van der Waals surface area (Å²) in [5.41, 5.74) is 0.842. The molecule has 1 saturated heterocycles. The van der Waals surface area contributed by atoms with E-state index in [4.69, 9.17) is 5.48 Å². The summed E-state index contributed by atoms with van der Waals surface area (Å²) in [6.45, 7) is -2.90. The van der Waals surface area contributed by atoms with Gasteiger partial charge in [-0.25, -0.2) is 0 Å². The monoisotopic (exact) mass is 268 g/mol. The summed E-state index contributed by atoms with van der Waals surface area (Å²) < 4.78 is 31.0. The molecule has 5 heteroatoms. The lowest BCUT2D eigenvalue weighted by Crippen LogP contribution is -2.42. The summed E-state index contributed by atoms with van der Waals surface area (Å²) in [6, 6.07) is 6.51. The van der Waals surface area contributed by atoms with Crippen molar-refractivity contribution in [2.45, 2.75) is 6.54 Å².